The molecule has 1 amide bonds. The van der Waals surface area contributed by atoms with Crippen LogP contribution in [0.4, 0.5) is 0 Å². The first kappa shape index (κ1) is 19.6. The molecule has 4 aromatic rings. The van der Waals surface area contributed by atoms with E-state index in [-0.39, 0.29) is 5.91 Å². The number of carbonyl (C=O) groups excluding carboxylic acids is 1. The highest BCUT2D eigenvalue weighted by Gasteiger charge is 2.17. The van der Waals surface area contributed by atoms with Gasteiger partial charge in [-0.15, -0.1) is 11.3 Å². The molecule has 0 aliphatic heterocycles. The highest BCUT2D eigenvalue weighted by Crippen LogP contribution is 2.35. The maximum atomic E-state index is 12.9. The lowest BCUT2D eigenvalue weighted by atomic mass is 10.2. The fraction of sp³-hybridized carbons (Fsp3) is 0.200. The van der Waals surface area contributed by atoms with Crippen LogP contribution in [0.2, 0.25) is 10.0 Å². The highest BCUT2D eigenvalue weighted by molar-refractivity contribution is 7.21. The van der Waals surface area contributed by atoms with Crippen LogP contribution in [-0.2, 0) is 11.3 Å². The summed E-state index contributed by atoms with van der Waals surface area (Å²) >= 11 is 15.7. The molecule has 0 saturated carbocycles. The SMILES string of the molecule is CCOCCn1c(=NC(=O)c2sc3ccccc3c2Cl)sc2cccc(Cl)c21. The Morgan fingerprint density at radius 1 is 1.11 bits per heavy atom. The van der Waals surface area contributed by atoms with Crippen LogP contribution >= 0.6 is 45.9 Å². The summed E-state index contributed by atoms with van der Waals surface area (Å²) in [4.78, 5) is 18.4. The molecule has 0 saturated heterocycles. The van der Waals surface area contributed by atoms with E-state index >= 15 is 0 Å². The van der Waals surface area contributed by atoms with Crippen LogP contribution in [0.15, 0.2) is 47.5 Å². The van der Waals surface area contributed by atoms with E-state index < -0.39 is 0 Å². The second-order valence-corrected chi connectivity index (χ2v) is 8.82. The Labute approximate surface area is 179 Å². The van der Waals surface area contributed by atoms with Gasteiger partial charge in [0.25, 0.3) is 5.91 Å². The minimum Gasteiger partial charge on any atom is -0.380 e. The average Bonchev–Trinajstić information content (AvgIpc) is 3.21. The van der Waals surface area contributed by atoms with Crippen molar-refractivity contribution in [3.05, 3.63) is 62.2 Å². The van der Waals surface area contributed by atoms with E-state index in [1.165, 1.54) is 22.7 Å². The molecule has 0 aliphatic rings. The van der Waals surface area contributed by atoms with E-state index in [9.17, 15) is 4.79 Å². The molecule has 28 heavy (non-hydrogen) atoms. The quantitative estimate of drug-likeness (QED) is 0.349. The van der Waals surface area contributed by atoms with Crippen LogP contribution in [0.25, 0.3) is 20.3 Å². The molecule has 0 radical (unpaired) electrons. The smallest absolute Gasteiger partial charge is 0.291 e. The number of carbonyl (C=O) groups is 1. The molecule has 2 heterocycles. The van der Waals surface area contributed by atoms with Crippen molar-refractivity contribution in [1.82, 2.24) is 4.57 Å². The maximum absolute atomic E-state index is 12.9. The van der Waals surface area contributed by atoms with Crippen molar-refractivity contribution >= 4 is 72.1 Å². The molecule has 0 aliphatic carbocycles. The van der Waals surface area contributed by atoms with E-state index in [1.807, 2.05) is 54.0 Å². The summed E-state index contributed by atoms with van der Waals surface area (Å²) in [6, 6.07) is 13.4. The van der Waals surface area contributed by atoms with Gasteiger partial charge in [0.15, 0.2) is 4.80 Å². The first-order valence-corrected chi connectivity index (χ1v) is 11.1. The summed E-state index contributed by atoms with van der Waals surface area (Å²) in [5, 5.41) is 1.95. The second-order valence-electron chi connectivity index (χ2n) is 5.98. The molecule has 8 heteroatoms. The van der Waals surface area contributed by atoms with Gasteiger partial charge in [-0.2, -0.15) is 4.99 Å². The van der Waals surface area contributed by atoms with Crippen molar-refractivity contribution < 1.29 is 9.53 Å². The highest BCUT2D eigenvalue weighted by atomic mass is 35.5. The predicted octanol–water partition coefficient (Wildman–Crippen LogP) is 6.00. The van der Waals surface area contributed by atoms with Gasteiger partial charge >= 0.3 is 0 Å². The molecule has 0 fully saturated rings. The summed E-state index contributed by atoms with van der Waals surface area (Å²) in [6.07, 6.45) is 0. The molecule has 0 N–H and O–H groups in total. The Hall–Kier alpha value is -1.70. The first-order chi connectivity index (χ1) is 13.6. The van der Waals surface area contributed by atoms with Gasteiger partial charge in [0.05, 0.1) is 26.9 Å². The van der Waals surface area contributed by atoms with E-state index in [2.05, 4.69) is 4.99 Å². The molecule has 4 rings (SSSR count). The molecular formula is C20H16Cl2N2O2S2. The van der Waals surface area contributed by atoms with Gasteiger partial charge in [-0.1, -0.05) is 58.8 Å². The first-order valence-electron chi connectivity index (χ1n) is 8.72. The molecule has 0 atom stereocenters. The lowest BCUT2D eigenvalue weighted by Crippen LogP contribution is -2.19. The van der Waals surface area contributed by atoms with Gasteiger partial charge in [0.1, 0.15) is 4.88 Å². The van der Waals surface area contributed by atoms with Gasteiger partial charge < -0.3 is 9.30 Å². The average molecular weight is 451 g/mol. The van der Waals surface area contributed by atoms with Crippen LogP contribution in [0.1, 0.15) is 16.6 Å². The van der Waals surface area contributed by atoms with Gasteiger partial charge in [-0.25, -0.2) is 0 Å². The second kappa shape index (κ2) is 8.35. The number of thiophene rings is 1. The summed E-state index contributed by atoms with van der Waals surface area (Å²) in [5.74, 6) is -0.348. The standard InChI is InChI=1S/C20H16Cl2N2O2S2/c1-2-26-11-10-24-17-13(21)7-5-9-15(17)28-20(24)23-19(25)18-16(22)12-6-3-4-8-14(12)27-18/h3-9H,2,10-11H2,1H3. The molecule has 2 aromatic carbocycles. The molecular weight excluding hydrogens is 435 g/mol. The lowest BCUT2D eigenvalue weighted by molar-refractivity contribution is 0.100. The van der Waals surface area contributed by atoms with E-state index in [0.717, 1.165) is 20.3 Å². The van der Waals surface area contributed by atoms with Crippen molar-refractivity contribution in [3.63, 3.8) is 0 Å². The third kappa shape index (κ3) is 3.63. The van der Waals surface area contributed by atoms with Crippen LogP contribution < -0.4 is 4.80 Å². The molecule has 2 aromatic heterocycles. The number of para-hydroxylation sites is 1. The fourth-order valence-electron chi connectivity index (χ4n) is 2.97. The Morgan fingerprint density at radius 2 is 1.89 bits per heavy atom. The van der Waals surface area contributed by atoms with Gasteiger partial charge in [-0.3, -0.25) is 4.79 Å². The third-order valence-corrected chi connectivity index (χ3v) is 7.25. The van der Waals surface area contributed by atoms with Gasteiger partial charge in [0.2, 0.25) is 0 Å². The predicted molar refractivity (Wildman–Crippen MR) is 118 cm³/mol. The molecule has 0 bridgehead atoms. The van der Waals surface area contributed by atoms with Crippen LogP contribution in [-0.4, -0.2) is 23.7 Å². The van der Waals surface area contributed by atoms with Crippen molar-refractivity contribution in [2.45, 2.75) is 13.5 Å². The zero-order chi connectivity index (χ0) is 19.7. The Balaban J connectivity index is 1.83. The lowest BCUT2D eigenvalue weighted by Gasteiger charge is -2.06. The zero-order valence-corrected chi connectivity index (χ0v) is 18.1. The minimum atomic E-state index is -0.348. The fourth-order valence-corrected chi connectivity index (χ4v) is 5.78. The largest absolute Gasteiger partial charge is 0.380 e. The summed E-state index contributed by atoms with van der Waals surface area (Å²) < 4.78 is 9.37. The van der Waals surface area contributed by atoms with Gasteiger partial charge in [-0.05, 0) is 25.1 Å². The van der Waals surface area contributed by atoms with Gasteiger partial charge in [0, 0.05) is 23.2 Å². The Bertz CT molecular complexity index is 1240. The number of fused-ring (bicyclic) bond motifs is 2. The third-order valence-electron chi connectivity index (χ3n) is 4.24. The van der Waals surface area contributed by atoms with E-state index in [1.54, 1.807) is 0 Å². The molecule has 0 spiro atoms. The summed E-state index contributed by atoms with van der Waals surface area (Å²) in [5.41, 5.74) is 0.864. The Morgan fingerprint density at radius 3 is 2.68 bits per heavy atom. The van der Waals surface area contributed by atoms with Crippen LogP contribution in [0.5, 0.6) is 0 Å². The number of hydrogen-bond donors (Lipinski definition) is 0. The minimum absolute atomic E-state index is 0.348. The number of hydrogen-bond acceptors (Lipinski definition) is 4. The van der Waals surface area contributed by atoms with Crippen LogP contribution in [0, 0.1) is 0 Å². The molecule has 4 nitrogen and oxygen atoms in total. The molecule has 0 unspecified atom stereocenters. The normalized spacial score (nSPS) is 12.3. The van der Waals surface area contributed by atoms with Crippen molar-refractivity contribution in [2.24, 2.45) is 4.99 Å². The maximum Gasteiger partial charge on any atom is 0.291 e. The number of benzene rings is 2. The van der Waals surface area contributed by atoms with Crippen molar-refractivity contribution in [3.8, 4) is 0 Å². The topological polar surface area (TPSA) is 43.6 Å². The van der Waals surface area contributed by atoms with Crippen molar-refractivity contribution in [2.75, 3.05) is 13.2 Å². The number of rotatable bonds is 5. The van der Waals surface area contributed by atoms with E-state index in [0.29, 0.717) is 39.5 Å². The number of aromatic nitrogens is 1. The summed E-state index contributed by atoms with van der Waals surface area (Å²) in [6.45, 7) is 3.64. The van der Waals surface area contributed by atoms with Crippen LogP contribution in [0.3, 0.4) is 0 Å². The van der Waals surface area contributed by atoms with E-state index in [4.69, 9.17) is 27.9 Å². The Kier molecular flexibility index (Phi) is 5.85. The van der Waals surface area contributed by atoms with Crippen molar-refractivity contribution in [1.29, 1.82) is 0 Å². The zero-order valence-electron chi connectivity index (χ0n) is 14.9. The number of amides is 1. The number of nitrogens with zero attached hydrogens (tertiary/aromatic N) is 2. The molecule has 144 valence electrons. The number of ether oxygens (including phenoxy) is 1. The number of halogens is 2. The summed E-state index contributed by atoms with van der Waals surface area (Å²) in [7, 11) is 0. The monoisotopic (exact) mass is 450 g/mol. The number of thiazole rings is 1.